The second-order valence-electron chi connectivity index (χ2n) is 3.18. The lowest BCUT2D eigenvalue weighted by Gasteiger charge is -2.34. The van der Waals surface area contributed by atoms with Crippen molar-refractivity contribution in [1.82, 2.24) is 0 Å². The van der Waals surface area contributed by atoms with Gasteiger partial charge in [0.15, 0.2) is 0 Å². The molecule has 0 heterocycles. The number of hydrogen-bond donors (Lipinski definition) is 0. The van der Waals surface area contributed by atoms with E-state index in [4.69, 9.17) is 0 Å². The lowest BCUT2D eigenvalue weighted by atomic mass is 9.97. The fraction of sp³-hybridized carbons (Fsp3) is 0.625. The molecule has 0 aromatic rings. The maximum atomic E-state index is 13.2. The average Bonchev–Trinajstić information content (AvgIpc) is 2.21. The smallest absolute Gasteiger partial charge is 0.457 e. The number of carbonyl (C=O) groups excluding carboxylic acids is 1. The van der Waals surface area contributed by atoms with Crippen LogP contribution in [0.1, 0.15) is 0 Å². The number of halogens is 9. The predicted octanol–water partition coefficient (Wildman–Crippen LogP) is 3.18. The highest BCUT2D eigenvalue weighted by Gasteiger charge is 2.81. The van der Waals surface area contributed by atoms with Gasteiger partial charge in [0, 0.05) is 6.08 Å². The normalized spacial score (nSPS) is 16.7. The summed E-state index contributed by atoms with van der Waals surface area (Å²) in [6.07, 6.45) is -13.3. The Bertz CT molecular complexity index is 356. The minimum Gasteiger partial charge on any atom is -0.458 e. The van der Waals surface area contributed by atoms with Crippen LogP contribution in [-0.4, -0.2) is 36.5 Å². The highest BCUT2D eigenvalue weighted by atomic mass is 19.4. The summed E-state index contributed by atoms with van der Waals surface area (Å²) in [5.74, 6) is -8.58. The number of hydrogen-bond acceptors (Lipinski definition) is 2. The van der Waals surface area contributed by atoms with Gasteiger partial charge in [-0.1, -0.05) is 6.58 Å². The Hall–Kier alpha value is -1.42. The van der Waals surface area contributed by atoms with Crippen molar-refractivity contribution in [2.45, 2.75) is 23.9 Å². The molecule has 0 amide bonds. The molecule has 1 unspecified atom stereocenters. The van der Waals surface area contributed by atoms with Gasteiger partial charge in [-0.3, -0.25) is 0 Å². The van der Waals surface area contributed by atoms with Gasteiger partial charge in [-0.05, 0) is 0 Å². The van der Waals surface area contributed by atoms with E-state index in [9.17, 15) is 44.3 Å². The first kappa shape index (κ1) is 17.6. The van der Waals surface area contributed by atoms with Crippen LogP contribution in [0.15, 0.2) is 12.7 Å². The average molecular weight is 304 g/mol. The molecule has 0 saturated carbocycles. The number of esters is 1. The van der Waals surface area contributed by atoms with Crippen molar-refractivity contribution in [2.75, 3.05) is 6.61 Å². The second-order valence-corrected chi connectivity index (χ2v) is 3.18. The standard InChI is InChI=1S/C8H5F9O2/c1-2-4(18)19-3-5(9,7(12,13)14)6(10,11)8(15,16)17/h2H,1,3H2. The highest BCUT2D eigenvalue weighted by molar-refractivity contribution is 5.81. The van der Waals surface area contributed by atoms with Crippen molar-refractivity contribution in [3.8, 4) is 0 Å². The highest BCUT2D eigenvalue weighted by Crippen LogP contribution is 2.52. The molecule has 0 rings (SSSR count). The Kier molecular flexibility index (Phi) is 4.56. The van der Waals surface area contributed by atoms with E-state index >= 15 is 0 Å². The van der Waals surface area contributed by atoms with Crippen molar-refractivity contribution >= 4 is 5.97 Å². The monoisotopic (exact) mass is 304 g/mol. The van der Waals surface area contributed by atoms with Gasteiger partial charge in [-0.25, -0.2) is 9.18 Å². The SMILES string of the molecule is C=CC(=O)OCC(F)(C(F)(F)F)C(F)(F)C(F)(F)F. The van der Waals surface area contributed by atoms with Crippen LogP contribution >= 0.6 is 0 Å². The van der Waals surface area contributed by atoms with Gasteiger partial charge >= 0.3 is 29.9 Å². The van der Waals surface area contributed by atoms with E-state index in [1.54, 1.807) is 0 Å². The van der Waals surface area contributed by atoms with Crippen LogP contribution < -0.4 is 0 Å². The minimum absolute atomic E-state index is 0.169. The van der Waals surface area contributed by atoms with Gasteiger partial charge < -0.3 is 4.74 Å². The molecule has 2 nitrogen and oxygen atoms in total. The van der Waals surface area contributed by atoms with E-state index in [1.165, 1.54) is 0 Å². The summed E-state index contributed by atoms with van der Waals surface area (Å²) in [6.45, 7) is -0.207. The fourth-order valence-corrected chi connectivity index (χ4v) is 0.805. The van der Waals surface area contributed by atoms with Crippen LogP contribution in [0.4, 0.5) is 39.5 Å². The molecule has 0 spiro atoms. The molecular formula is C8H5F9O2. The zero-order valence-corrected chi connectivity index (χ0v) is 8.71. The third-order valence-corrected chi connectivity index (χ3v) is 1.88. The maximum Gasteiger partial charge on any atom is 0.457 e. The molecule has 0 fully saturated rings. The summed E-state index contributed by atoms with van der Waals surface area (Å²) in [6, 6.07) is 0. The molecule has 0 saturated heterocycles. The molecule has 19 heavy (non-hydrogen) atoms. The predicted molar refractivity (Wildman–Crippen MR) is 42.1 cm³/mol. The van der Waals surface area contributed by atoms with Crippen molar-refractivity contribution < 1.29 is 49.0 Å². The van der Waals surface area contributed by atoms with Crippen molar-refractivity contribution in [1.29, 1.82) is 0 Å². The lowest BCUT2D eigenvalue weighted by molar-refractivity contribution is -0.388. The molecule has 0 aliphatic heterocycles. The quantitative estimate of drug-likeness (QED) is 0.453. The summed E-state index contributed by atoms with van der Waals surface area (Å²) in [4.78, 5) is 10.4. The van der Waals surface area contributed by atoms with Gasteiger partial charge in [0.2, 0.25) is 0 Å². The topological polar surface area (TPSA) is 26.3 Å². The summed E-state index contributed by atoms with van der Waals surface area (Å²) in [5.41, 5.74) is -6.10. The molecule has 0 aromatic carbocycles. The molecule has 0 bridgehead atoms. The number of ether oxygens (including phenoxy) is 1. The van der Waals surface area contributed by atoms with Gasteiger partial charge in [0.1, 0.15) is 6.61 Å². The Labute approximate surface area is 99.4 Å². The Morgan fingerprint density at radius 3 is 1.63 bits per heavy atom. The Balaban J connectivity index is 5.56. The summed E-state index contributed by atoms with van der Waals surface area (Å²) < 4.78 is 113. The molecule has 0 N–H and O–H groups in total. The number of alkyl halides is 9. The van der Waals surface area contributed by atoms with Crippen LogP contribution in [0, 0.1) is 0 Å². The van der Waals surface area contributed by atoms with Crippen molar-refractivity contribution in [2.24, 2.45) is 0 Å². The molecule has 0 aliphatic carbocycles. The summed E-state index contributed by atoms with van der Waals surface area (Å²) in [7, 11) is 0. The Morgan fingerprint density at radius 1 is 0.947 bits per heavy atom. The summed E-state index contributed by atoms with van der Waals surface area (Å²) >= 11 is 0. The zero-order chi connectivity index (χ0) is 15.7. The van der Waals surface area contributed by atoms with E-state index < -0.39 is 36.5 Å². The minimum atomic E-state index is -6.82. The molecular weight excluding hydrogens is 299 g/mol. The van der Waals surface area contributed by atoms with E-state index in [0.717, 1.165) is 0 Å². The molecule has 0 radical (unpaired) electrons. The van der Waals surface area contributed by atoms with Crippen LogP contribution in [0.3, 0.4) is 0 Å². The van der Waals surface area contributed by atoms with Gasteiger partial charge in [0.25, 0.3) is 0 Å². The number of rotatable bonds is 4. The van der Waals surface area contributed by atoms with Crippen LogP contribution in [0.2, 0.25) is 0 Å². The number of carbonyl (C=O) groups is 1. The second kappa shape index (κ2) is 4.93. The lowest BCUT2D eigenvalue weighted by Crippen LogP contribution is -2.64. The first-order valence-corrected chi connectivity index (χ1v) is 4.20. The van der Waals surface area contributed by atoms with Gasteiger partial charge in [-0.15, -0.1) is 0 Å². The third kappa shape index (κ3) is 3.13. The van der Waals surface area contributed by atoms with Gasteiger partial charge in [0.05, 0.1) is 0 Å². The third-order valence-electron chi connectivity index (χ3n) is 1.88. The first-order chi connectivity index (χ1) is 8.20. The van der Waals surface area contributed by atoms with Crippen molar-refractivity contribution in [3.63, 3.8) is 0 Å². The molecule has 0 aliphatic rings. The largest absolute Gasteiger partial charge is 0.458 e. The fourth-order valence-electron chi connectivity index (χ4n) is 0.805. The summed E-state index contributed by atoms with van der Waals surface area (Å²) in [5, 5.41) is 0. The Morgan fingerprint density at radius 2 is 1.37 bits per heavy atom. The maximum absolute atomic E-state index is 13.2. The zero-order valence-electron chi connectivity index (χ0n) is 8.71. The van der Waals surface area contributed by atoms with Crippen LogP contribution in [0.5, 0.6) is 0 Å². The van der Waals surface area contributed by atoms with Crippen LogP contribution in [0.25, 0.3) is 0 Å². The van der Waals surface area contributed by atoms with E-state index in [2.05, 4.69) is 11.3 Å². The van der Waals surface area contributed by atoms with Crippen molar-refractivity contribution in [3.05, 3.63) is 12.7 Å². The first-order valence-electron chi connectivity index (χ1n) is 4.20. The van der Waals surface area contributed by atoms with E-state index in [-0.39, 0.29) is 6.08 Å². The van der Waals surface area contributed by atoms with E-state index in [1.807, 2.05) is 0 Å². The van der Waals surface area contributed by atoms with E-state index in [0.29, 0.717) is 0 Å². The van der Waals surface area contributed by atoms with Crippen LogP contribution in [-0.2, 0) is 9.53 Å². The van der Waals surface area contributed by atoms with Gasteiger partial charge in [-0.2, -0.15) is 35.1 Å². The molecule has 1 atom stereocenters. The molecule has 0 aromatic heterocycles. The molecule has 11 heteroatoms. The molecule has 112 valence electrons.